The molecule has 0 bridgehead atoms. The van der Waals surface area contributed by atoms with E-state index in [1.807, 2.05) is 88.4 Å². The van der Waals surface area contributed by atoms with Gasteiger partial charge in [-0.15, -0.1) is 0 Å². The van der Waals surface area contributed by atoms with Crippen LogP contribution < -0.4 is 5.32 Å². The van der Waals surface area contributed by atoms with Crippen molar-refractivity contribution in [1.82, 2.24) is 20.1 Å². The zero-order valence-electron chi connectivity index (χ0n) is 26.0. The highest BCUT2D eigenvalue weighted by Gasteiger charge is 2.42. The molecular formula is C35H39N5O5. The van der Waals surface area contributed by atoms with Crippen LogP contribution in [0.5, 0.6) is 0 Å². The first kappa shape index (κ1) is 31.6. The molecule has 10 nitrogen and oxygen atoms in total. The molecule has 0 saturated heterocycles. The van der Waals surface area contributed by atoms with Gasteiger partial charge >= 0.3 is 0 Å². The minimum atomic E-state index is -1.20. The minimum absolute atomic E-state index is 0.172. The van der Waals surface area contributed by atoms with E-state index >= 15 is 0 Å². The summed E-state index contributed by atoms with van der Waals surface area (Å²) in [6, 6.07) is 20.3. The zero-order chi connectivity index (χ0) is 32.1. The lowest BCUT2D eigenvalue weighted by Gasteiger charge is -2.41. The van der Waals surface area contributed by atoms with E-state index in [-0.39, 0.29) is 30.2 Å². The average molecular weight is 610 g/mol. The van der Waals surface area contributed by atoms with Gasteiger partial charge in [0.15, 0.2) is 0 Å². The van der Waals surface area contributed by atoms with Crippen molar-refractivity contribution in [2.45, 2.75) is 57.8 Å². The van der Waals surface area contributed by atoms with Crippen LogP contribution in [0.4, 0.5) is 0 Å². The van der Waals surface area contributed by atoms with Crippen molar-refractivity contribution in [2.75, 3.05) is 13.2 Å². The van der Waals surface area contributed by atoms with Gasteiger partial charge in [-0.1, -0.05) is 74.5 Å². The summed E-state index contributed by atoms with van der Waals surface area (Å²) in [6.45, 7) is 7.55. The first-order valence-corrected chi connectivity index (χ1v) is 15.1. The number of amides is 3. The van der Waals surface area contributed by atoms with Gasteiger partial charge in [-0.3, -0.25) is 24.3 Å². The Bertz CT molecular complexity index is 1570. The molecule has 2 unspecified atom stereocenters. The van der Waals surface area contributed by atoms with E-state index in [9.17, 15) is 19.5 Å². The Morgan fingerprint density at radius 2 is 1.67 bits per heavy atom. The lowest BCUT2D eigenvalue weighted by Crippen LogP contribution is -2.57. The summed E-state index contributed by atoms with van der Waals surface area (Å²) in [5.74, 6) is -1.27. The van der Waals surface area contributed by atoms with Gasteiger partial charge in [-0.25, -0.2) is 4.99 Å². The predicted molar refractivity (Wildman–Crippen MR) is 171 cm³/mol. The first-order chi connectivity index (χ1) is 21.5. The topological polar surface area (TPSA) is 124 Å². The van der Waals surface area contributed by atoms with E-state index in [1.54, 1.807) is 18.3 Å². The van der Waals surface area contributed by atoms with Crippen LogP contribution in [0.25, 0.3) is 5.70 Å². The molecule has 0 saturated carbocycles. The predicted octanol–water partition coefficient (Wildman–Crippen LogP) is 3.68. The Balaban J connectivity index is 1.46. The second kappa shape index (κ2) is 13.4. The van der Waals surface area contributed by atoms with E-state index in [1.165, 1.54) is 22.2 Å². The molecule has 3 aromatic rings. The Morgan fingerprint density at radius 3 is 2.27 bits per heavy atom. The molecule has 2 aromatic carbocycles. The summed E-state index contributed by atoms with van der Waals surface area (Å²) < 4.78 is 5.72. The average Bonchev–Trinajstić information content (AvgIpc) is 3.41. The third-order valence-electron chi connectivity index (χ3n) is 7.80. The van der Waals surface area contributed by atoms with Crippen LogP contribution in [0.3, 0.4) is 0 Å². The summed E-state index contributed by atoms with van der Waals surface area (Å²) in [6.07, 6.45) is 3.83. The number of aliphatic hydroxyl groups is 1. The summed E-state index contributed by atoms with van der Waals surface area (Å²) in [5, 5.41) is 14.3. The van der Waals surface area contributed by atoms with Gasteiger partial charge < -0.3 is 20.1 Å². The molecule has 2 aliphatic heterocycles. The van der Waals surface area contributed by atoms with E-state index in [2.05, 4.69) is 15.3 Å². The number of hydrogen-bond donors (Lipinski definition) is 2. The van der Waals surface area contributed by atoms with E-state index in [4.69, 9.17) is 4.74 Å². The largest absolute Gasteiger partial charge is 0.476 e. The summed E-state index contributed by atoms with van der Waals surface area (Å²) in [4.78, 5) is 53.1. The second-order valence-corrected chi connectivity index (χ2v) is 12.3. The Hall–Kier alpha value is -4.83. The third-order valence-corrected chi connectivity index (χ3v) is 7.80. The van der Waals surface area contributed by atoms with Crippen LogP contribution in [0.2, 0.25) is 0 Å². The minimum Gasteiger partial charge on any atom is -0.476 e. The SMILES string of the molecule is CC(C)[C@@H]1C(=O)N(CC(=O)NC(Cc2ccccc2)C(O)C2=NC(C)(C)CO2)C(c2ccccc2)=CN1C(=O)c1ccncc1. The molecule has 0 fully saturated rings. The number of aromatic nitrogens is 1. The number of carbonyl (C=O) groups excluding carboxylic acids is 3. The third kappa shape index (κ3) is 7.29. The van der Waals surface area contributed by atoms with Gasteiger partial charge in [0.2, 0.25) is 11.8 Å². The first-order valence-electron chi connectivity index (χ1n) is 15.1. The van der Waals surface area contributed by atoms with Crippen molar-refractivity contribution in [1.29, 1.82) is 0 Å². The maximum atomic E-state index is 14.2. The number of rotatable bonds is 10. The number of aliphatic imine (C=N–C) groups is 1. The number of nitrogens with zero attached hydrogens (tertiary/aromatic N) is 4. The van der Waals surface area contributed by atoms with Crippen LogP contribution in [0.15, 0.2) is 96.4 Å². The highest BCUT2D eigenvalue weighted by Crippen LogP contribution is 2.31. The van der Waals surface area contributed by atoms with Crippen molar-refractivity contribution < 1.29 is 24.2 Å². The fraction of sp³-hybridized carbons (Fsp3) is 0.343. The summed E-state index contributed by atoms with van der Waals surface area (Å²) in [7, 11) is 0. The molecule has 234 valence electrons. The highest BCUT2D eigenvalue weighted by atomic mass is 16.5. The van der Waals surface area contributed by atoms with Gasteiger partial charge in [0.25, 0.3) is 11.8 Å². The molecule has 5 rings (SSSR count). The Labute approximate surface area is 263 Å². The number of nitrogens with one attached hydrogen (secondary N) is 1. The van der Waals surface area contributed by atoms with Gasteiger partial charge in [0.1, 0.15) is 25.3 Å². The lowest BCUT2D eigenvalue weighted by molar-refractivity contribution is -0.138. The number of hydrogen-bond acceptors (Lipinski definition) is 7. The van der Waals surface area contributed by atoms with Crippen molar-refractivity contribution in [2.24, 2.45) is 10.9 Å². The molecule has 3 heterocycles. The van der Waals surface area contributed by atoms with Gasteiger partial charge in [-0.05, 0) is 49.4 Å². The molecule has 0 spiro atoms. The number of aliphatic hydroxyl groups excluding tert-OH is 1. The summed E-state index contributed by atoms with van der Waals surface area (Å²) in [5.41, 5.74) is 1.91. The number of carbonyl (C=O) groups is 3. The quantitative estimate of drug-likeness (QED) is 0.362. The van der Waals surface area contributed by atoms with Crippen molar-refractivity contribution in [3.63, 3.8) is 0 Å². The van der Waals surface area contributed by atoms with Gasteiger partial charge in [-0.2, -0.15) is 0 Å². The van der Waals surface area contributed by atoms with Crippen molar-refractivity contribution >= 4 is 29.3 Å². The molecule has 10 heteroatoms. The van der Waals surface area contributed by atoms with Crippen molar-refractivity contribution in [3.8, 4) is 0 Å². The fourth-order valence-electron chi connectivity index (χ4n) is 5.56. The highest BCUT2D eigenvalue weighted by molar-refractivity contribution is 6.03. The normalized spacial score (nSPS) is 19.0. The van der Waals surface area contributed by atoms with E-state index in [0.29, 0.717) is 29.9 Å². The molecule has 3 atom stereocenters. The van der Waals surface area contributed by atoms with Crippen molar-refractivity contribution in [3.05, 3.63) is 108 Å². The monoisotopic (exact) mass is 609 g/mol. The van der Waals surface area contributed by atoms with Crippen LogP contribution in [-0.2, 0) is 20.7 Å². The zero-order valence-corrected chi connectivity index (χ0v) is 26.0. The molecule has 0 radical (unpaired) electrons. The molecule has 1 aromatic heterocycles. The maximum absolute atomic E-state index is 14.2. The number of benzene rings is 2. The lowest BCUT2D eigenvalue weighted by atomic mass is 9.96. The molecule has 0 aliphatic carbocycles. The van der Waals surface area contributed by atoms with Crippen LogP contribution in [0.1, 0.15) is 49.2 Å². The smallest absolute Gasteiger partial charge is 0.258 e. The Morgan fingerprint density at radius 1 is 1.02 bits per heavy atom. The standard InChI is InChI=1S/C35H39N5O5/c1-23(2)30-34(44)39(28(25-13-9-6-10-14-25)20-40(30)33(43)26-15-17-36-18-16-26)21-29(41)37-27(19-24-11-7-5-8-12-24)31(42)32-38-35(3,4)22-45-32/h5-18,20,23,27,30-31,42H,19,21-22H2,1-4H3,(H,37,41)/t27?,30-,31?/m1/s1. The van der Waals surface area contributed by atoms with Crippen LogP contribution in [-0.4, -0.2) is 80.4 Å². The molecule has 2 aliphatic rings. The van der Waals surface area contributed by atoms with E-state index < -0.39 is 29.6 Å². The molecule has 45 heavy (non-hydrogen) atoms. The van der Waals surface area contributed by atoms with Crippen LogP contribution >= 0.6 is 0 Å². The van der Waals surface area contributed by atoms with Crippen LogP contribution in [0, 0.1) is 5.92 Å². The molecular weight excluding hydrogens is 570 g/mol. The number of ether oxygens (including phenoxy) is 1. The second-order valence-electron chi connectivity index (χ2n) is 12.3. The Kier molecular flexibility index (Phi) is 9.43. The van der Waals surface area contributed by atoms with Gasteiger partial charge in [0.05, 0.1) is 17.3 Å². The number of pyridine rings is 1. The fourth-order valence-corrected chi connectivity index (χ4v) is 5.56. The maximum Gasteiger partial charge on any atom is 0.258 e. The van der Waals surface area contributed by atoms with E-state index in [0.717, 1.165) is 5.56 Å². The van der Waals surface area contributed by atoms with Gasteiger partial charge in [0, 0.05) is 24.2 Å². The molecule has 2 N–H and O–H groups in total. The summed E-state index contributed by atoms with van der Waals surface area (Å²) >= 11 is 0. The molecule has 3 amide bonds.